The maximum absolute atomic E-state index is 12.8. The van der Waals surface area contributed by atoms with Crippen LogP contribution in [0, 0.1) is 0 Å². The van der Waals surface area contributed by atoms with Gasteiger partial charge in [-0.3, -0.25) is 4.79 Å². The van der Waals surface area contributed by atoms with Gasteiger partial charge in [0, 0.05) is 43.1 Å². The quantitative estimate of drug-likeness (QED) is 0.515. The number of hydrogen-bond donors (Lipinski definition) is 1. The lowest BCUT2D eigenvalue weighted by Crippen LogP contribution is -2.30. The molecule has 0 atom stereocenters. The molecule has 1 N–H and O–H groups in total. The Bertz CT molecular complexity index is 1170. The molecule has 0 saturated carbocycles. The molecule has 0 spiro atoms. The number of benzene rings is 2. The number of imidazole rings is 1. The molecule has 3 aromatic rings. The SMILES string of the molecule is CCN(CC)S(=O)(=O)c1ccc2c(c1)nc(CCC(=O)Nc1cccc(Br)c1)n2C. The van der Waals surface area contributed by atoms with E-state index < -0.39 is 10.0 Å². The van der Waals surface area contributed by atoms with Crippen LogP contribution >= 0.6 is 15.9 Å². The van der Waals surface area contributed by atoms with E-state index >= 15 is 0 Å². The number of rotatable bonds is 8. The molecule has 3 rings (SSSR count). The summed E-state index contributed by atoms with van der Waals surface area (Å²) in [5.41, 5.74) is 2.16. The molecule has 0 fully saturated rings. The first-order valence-electron chi connectivity index (χ1n) is 9.77. The van der Waals surface area contributed by atoms with Gasteiger partial charge in [0.15, 0.2) is 0 Å². The van der Waals surface area contributed by atoms with Crippen LogP contribution in [0.15, 0.2) is 51.8 Å². The van der Waals surface area contributed by atoms with E-state index in [1.165, 1.54) is 4.31 Å². The number of nitrogens with zero attached hydrogens (tertiary/aromatic N) is 3. The summed E-state index contributed by atoms with van der Waals surface area (Å²) >= 11 is 3.38. The Morgan fingerprint density at radius 3 is 2.57 bits per heavy atom. The molecule has 1 aromatic heterocycles. The average molecular weight is 493 g/mol. The van der Waals surface area contributed by atoms with Crippen molar-refractivity contribution in [1.82, 2.24) is 13.9 Å². The highest BCUT2D eigenvalue weighted by Gasteiger charge is 2.22. The van der Waals surface area contributed by atoms with Crippen molar-refractivity contribution in [3.63, 3.8) is 0 Å². The lowest BCUT2D eigenvalue weighted by molar-refractivity contribution is -0.116. The molecule has 1 amide bonds. The lowest BCUT2D eigenvalue weighted by atomic mass is 10.2. The normalized spacial score (nSPS) is 11.9. The molecule has 9 heteroatoms. The van der Waals surface area contributed by atoms with Crippen LogP contribution in [0.2, 0.25) is 0 Å². The zero-order valence-corrected chi connectivity index (χ0v) is 19.6. The summed E-state index contributed by atoms with van der Waals surface area (Å²) in [5, 5.41) is 2.87. The van der Waals surface area contributed by atoms with Crippen molar-refractivity contribution in [3.05, 3.63) is 52.8 Å². The van der Waals surface area contributed by atoms with Crippen molar-refractivity contribution in [1.29, 1.82) is 0 Å². The Morgan fingerprint density at radius 2 is 1.90 bits per heavy atom. The van der Waals surface area contributed by atoms with Gasteiger partial charge in [0.05, 0.1) is 15.9 Å². The zero-order chi connectivity index (χ0) is 21.9. The molecule has 0 saturated heterocycles. The fourth-order valence-electron chi connectivity index (χ4n) is 3.34. The monoisotopic (exact) mass is 492 g/mol. The Labute approximate surface area is 185 Å². The predicted molar refractivity (Wildman–Crippen MR) is 122 cm³/mol. The third-order valence-corrected chi connectivity index (χ3v) is 7.51. The van der Waals surface area contributed by atoms with Crippen molar-refractivity contribution < 1.29 is 13.2 Å². The number of amides is 1. The molecule has 160 valence electrons. The minimum atomic E-state index is -3.54. The fraction of sp³-hybridized carbons (Fsp3) is 0.333. The summed E-state index contributed by atoms with van der Waals surface area (Å²) in [6.07, 6.45) is 0.720. The van der Waals surface area contributed by atoms with E-state index in [1.54, 1.807) is 18.2 Å². The molecule has 0 unspecified atom stereocenters. The number of carbonyl (C=O) groups is 1. The first-order chi connectivity index (χ1) is 14.3. The van der Waals surface area contributed by atoms with Crippen molar-refractivity contribution in [2.45, 2.75) is 31.6 Å². The third kappa shape index (κ3) is 4.74. The van der Waals surface area contributed by atoms with Crippen LogP contribution < -0.4 is 5.32 Å². The van der Waals surface area contributed by atoms with Crippen LogP contribution in [0.1, 0.15) is 26.1 Å². The molecule has 30 heavy (non-hydrogen) atoms. The van der Waals surface area contributed by atoms with Crippen molar-refractivity contribution in [3.8, 4) is 0 Å². The first kappa shape index (κ1) is 22.5. The molecule has 0 aliphatic carbocycles. The maximum Gasteiger partial charge on any atom is 0.243 e. The first-order valence-corrected chi connectivity index (χ1v) is 12.0. The highest BCUT2D eigenvalue weighted by molar-refractivity contribution is 9.10. The number of carbonyl (C=O) groups excluding carboxylic acids is 1. The van der Waals surface area contributed by atoms with Crippen LogP contribution in [0.4, 0.5) is 5.69 Å². The summed E-state index contributed by atoms with van der Waals surface area (Å²) in [5.74, 6) is 0.622. The van der Waals surface area contributed by atoms with Gasteiger partial charge < -0.3 is 9.88 Å². The van der Waals surface area contributed by atoms with E-state index in [1.807, 2.05) is 49.7 Å². The summed E-state index contributed by atoms with van der Waals surface area (Å²) in [4.78, 5) is 17.1. The minimum absolute atomic E-state index is 0.107. The number of nitrogens with one attached hydrogen (secondary N) is 1. The van der Waals surface area contributed by atoms with E-state index in [0.717, 1.165) is 21.5 Å². The van der Waals surface area contributed by atoms with Gasteiger partial charge in [-0.15, -0.1) is 0 Å². The molecule has 2 aromatic carbocycles. The van der Waals surface area contributed by atoms with Gasteiger partial charge in [0.25, 0.3) is 0 Å². The van der Waals surface area contributed by atoms with Crippen LogP contribution in [0.3, 0.4) is 0 Å². The molecule has 0 aliphatic rings. The number of sulfonamides is 1. The largest absolute Gasteiger partial charge is 0.331 e. The second-order valence-corrected chi connectivity index (χ2v) is 9.74. The zero-order valence-electron chi connectivity index (χ0n) is 17.2. The number of fused-ring (bicyclic) bond motifs is 1. The van der Waals surface area contributed by atoms with Crippen molar-refractivity contribution >= 4 is 48.6 Å². The van der Waals surface area contributed by atoms with Crippen LogP contribution in [0.25, 0.3) is 11.0 Å². The highest BCUT2D eigenvalue weighted by Crippen LogP contribution is 2.23. The standard InChI is InChI=1S/C21H25BrN4O3S/c1-4-26(5-2)30(28,29)17-9-10-19-18(14-17)24-20(25(19)3)11-12-21(27)23-16-8-6-7-15(22)13-16/h6-10,13-14H,4-5,11-12H2,1-3H3,(H,23,27). The highest BCUT2D eigenvalue weighted by atomic mass is 79.9. The van der Waals surface area contributed by atoms with E-state index in [9.17, 15) is 13.2 Å². The third-order valence-electron chi connectivity index (χ3n) is 4.97. The summed E-state index contributed by atoms with van der Waals surface area (Å²) < 4.78 is 29.8. The Morgan fingerprint density at radius 1 is 1.17 bits per heavy atom. The van der Waals surface area contributed by atoms with Gasteiger partial charge >= 0.3 is 0 Å². The predicted octanol–water partition coefficient (Wildman–Crippen LogP) is 3.94. The Hall–Kier alpha value is -2.23. The van der Waals surface area contributed by atoms with Gasteiger partial charge in [0.2, 0.25) is 15.9 Å². The van der Waals surface area contributed by atoms with E-state index in [0.29, 0.717) is 25.0 Å². The molecule has 0 aliphatic heterocycles. The fourth-order valence-corrected chi connectivity index (χ4v) is 5.22. The molecule has 1 heterocycles. The Kier molecular flexibility index (Phi) is 6.95. The topological polar surface area (TPSA) is 84.3 Å². The second-order valence-electron chi connectivity index (χ2n) is 6.89. The Balaban J connectivity index is 1.77. The number of halogens is 1. The molecule has 7 nitrogen and oxygen atoms in total. The number of anilines is 1. The van der Waals surface area contributed by atoms with E-state index in [2.05, 4.69) is 26.2 Å². The van der Waals surface area contributed by atoms with Crippen LogP contribution in [0.5, 0.6) is 0 Å². The lowest BCUT2D eigenvalue weighted by Gasteiger charge is -2.18. The minimum Gasteiger partial charge on any atom is -0.331 e. The maximum atomic E-state index is 12.8. The number of aromatic nitrogens is 2. The van der Waals surface area contributed by atoms with Crippen LogP contribution in [-0.4, -0.2) is 41.3 Å². The van der Waals surface area contributed by atoms with Crippen molar-refractivity contribution in [2.24, 2.45) is 7.05 Å². The number of hydrogen-bond acceptors (Lipinski definition) is 4. The molecular formula is C21H25BrN4O3S. The summed E-state index contributed by atoms with van der Waals surface area (Å²) in [6, 6.07) is 12.4. The van der Waals surface area contributed by atoms with Crippen molar-refractivity contribution in [2.75, 3.05) is 18.4 Å². The number of aryl methyl sites for hydroxylation is 2. The van der Waals surface area contributed by atoms with Gasteiger partial charge in [-0.05, 0) is 36.4 Å². The van der Waals surface area contributed by atoms with Gasteiger partial charge in [0.1, 0.15) is 5.82 Å². The summed E-state index contributed by atoms with van der Waals surface area (Å²) in [7, 11) is -1.67. The molecule has 0 radical (unpaired) electrons. The van der Waals surface area contributed by atoms with Gasteiger partial charge in [-0.2, -0.15) is 4.31 Å². The van der Waals surface area contributed by atoms with E-state index in [4.69, 9.17) is 0 Å². The molecular weight excluding hydrogens is 468 g/mol. The van der Waals surface area contributed by atoms with E-state index in [-0.39, 0.29) is 17.2 Å². The smallest absolute Gasteiger partial charge is 0.243 e. The van der Waals surface area contributed by atoms with Gasteiger partial charge in [-0.25, -0.2) is 13.4 Å². The van der Waals surface area contributed by atoms with Gasteiger partial charge in [-0.1, -0.05) is 35.8 Å². The summed E-state index contributed by atoms with van der Waals surface area (Å²) in [6.45, 7) is 4.46. The average Bonchev–Trinajstić information content (AvgIpc) is 3.02. The molecule has 0 bridgehead atoms. The second kappa shape index (κ2) is 9.28. The van der Waals surface area contributed by atoms with Crippen LogP contribution in [-0.2, 0) is 28.3 Å².